The summed E-state index contributed by atoms with van der Waals surface area (Å²) in [5.74, 6) is 0.672. The fourth-order valence-corrected chi connectivity index (χ4v) is 2.55. The number of fused-ring (bicyclic) bond motifs is 1. The lowest BCUT2D eigenvalue weighted by molar-refractivity contribution is 0.0662. The molecule has 0 spiro atoms. The summed E-state index contributed by atoms with van der Waals surface area (Å²) in [6.45, 7) is 3.32. The van der Waals surface area contributed by atoms with Crippen molar-refractivity contribution in [1.29, 1.82) is 0 Å². The molecular weight excluding hydrogens is 254 g/mol. The zero-order valence-electron chi connectivity index (χ0n) is 11.4. The third-order valence-electron chi connectivity index (χ3n) is 3.70. The molecule has 2 aromatic rings. The lowest BCUT2D eigenvalue weighted by Crippen LogP contribution is -2.28. The third kappa shape index (κ3) is 3.05. The van der Waals surface area contributed by atoms with Gasteiger partial charge in [-0.1, -0.05) is 6.07 Å². The first-order chi connectivity index (χ1) is 9.83. The monoisotopic (exact) mass is 273 g/mol. The lowest BCUT2D eigenvalue weighted by Gasteiger charge is -2.22. The first-order valence-electron chi connectivity index (χ1n) is 7.09. The van der Waals surface area contributed by atoms with E-state index in [1.54, 1.807) is 16.7 Å². The fraction of sp³-hybridized carbons (Fsp3) is 0.467. The molecule has 3 rings (SSSR count). The Morgan fingerprint density at radius 2 is 2.20 bits per heavy atom. The van der Waals surface area contributed by atoms with Crippen molar-refractivity contribution < 1.29 is 4.74 Å². The Hall–Kier alpha value is -1.72. The maximum atomic E-state index is 11.9. The normalized spacial score (nSPS) is 16.6. The molecule has 5 heteroatoms. The summed E-state index contributed by atoms with van der Waals surface area (Å²) in [4.78, 5) is 16.4. The highest BCUT2D eigenvalue weighted by molar-refractivity contribution is 5.37. The minimum Gasteiger partial charge on any atom is -0.381 e. The first-order valence-corrected chi connectivity index (χ1v) is 7.09. The molecule has 0 aromatic carbocycles. The van der Waals surface area contributed by atoms with Crippen LogP contribution in [0.25, 0.3) is 5.65 Å². The second kappa shape index (κ2) is 6.15. The van der Waals surface area contributed by atoms with Gasteiger partial charge in [-0.25, -0.2) is 4.98 Å². The minimum atomic E-state index is -0.0292. The van der Waals surface area contributed by atoms with Crippen molar-refractivity contribution in [3.63, 3.8) is 0 Å². The van der Waals surface area contributed by atoms with E-state index in [-0.39, 0.29) is 5.56 Å². The number of ether oxygens (including phenoxy) is 1. The highest BCUT2D eigenvalue weighted by Gasteiger charge is 2.13. The summed E-state index contributed by atoms with van der Waals surface area (Å²) in [5, 5.41) is 3.40. The van der Waals surface area contributed by atoms with Crippen molar-refractivity contribution in [3.8, 4) is 0 Å². The quantitative estimate of drug-likeness (QED) is 0.910. The molecule has 0 atom stereocenters. The van der Waals surface area contributed by atoms with Gasteiger partial charge < -0.3 is 10.1 Å². The van der Waals surface area contributed by atoms with Gasteiger partial charge in [0.15, 0.2) is 0 Å². The number of aromatic nitrogens is 2. The van der Waals surface area contributed by atoms with E-state index < -0.39 is 0 Å². The Morgan fingerprint density at radius 1 is 1.35 bits per heavy atom. The molecule has 0 amide bonds. The second-order valence-electron chi connectivity index (χ2n) is 5.20. The number of nitrogens with one attached hydrogen (secondary N) is 1. The average molecular weight is 273 g/mol. The van der Waals surface area contributed by atoms with E-state index in [4.69, 9.17) is 4.74 Å². The maximum absolute atomic E-state index is 11.9. The van der Waals surface area contributed by atoms with Gasteiger partial charge in [0.25, 0.3) is 5.56 Å². The number of nitrogens with zero attached hydrogens (tertiary/aromatic N) is 2. The molecule has 2 aromatic heterocycles. The van der Waals surface area contributed by atoms with Crippen LogP contribution in [0.4, 0.5) is 0 Å². The second-order valence-corrected chi connectivity index (χ2v) is 5.20. The third-order valence-corrected chi connectivity index (χ3v) is 3.70. The SMILES string of the molecule is O=c1cc(CNCC2CCOCC2)nc2ccccn12. The Kier molecular flexibility index (Phi) is 4.08. The van der Waals surface area contributed by atoms with Gasteiger partial charge in [-0.2, -0.15) is 0 Å². The molecule has 1 aliphatic heterocycles. The van der Waals surface area contributed by atoms with Crippen molar-refractivity contribution >= 4 is 5.65 Å². The van der Waals surface area contributed by atoms with Crippen LogP contribution in [0, 0.1) is 5.92 Å². The number of hydrogen-bond donors (Lipinski definition) is 1. The molecule has 0 bridgehead atoms. The Morgan fingerprint density at radius 3 is 3.05 bits per heavy atom. The average Bonchev–Trinajstić information content (AvgIpc) is 2.48. The van der Waals surface area contributed by atoms with Crippen molar-refractivity contribution in [3.05, 3.63) is 46.5 Å². The topological polar surface area (TPSA) is 55.6 Å². The molecule has 3 heterocycles. The molecule has 0 saturated carbocycles. The maximum Gasteiger partial charge on any atom is 0.258 e. The van der Waals surface area contributed by atoms with E-state index in [1.165, 1.54) is 0 Å². The molecule has 1 aliphatic rings. The van der Waals surface area contributed by atoms with Crippen molar-refractivity contribution in [2.75, 3.05) is 19.8 Å². The Balaban J connectivity index is 1.64. The van der Waals surface area contributed by atoms with E-state index in [1.807, 2.05) is 18.2 Å². The summed E-state index contributed by atoms with van der Waals surface area (Å²) >= 11 is 0. The summed E-state index contributed by atoms with van der Waals surface area (Å²) in [5.41, 5.74) is 1.47. The van der Waals surface area contributed by atoms with Gasteiger partial charge in [0.05, 0.1) is 5.69 Å². The fourth-order valence-electron chi connectivity index (χ4n) is 2.55. The summed E-state index contributed by atoms with van der Waals surface area (Å²) < 4.78 is 6.90. The molecule has 1 N–H and O–H groups in total. The zero-order valence-corrected chi connectivity index (χ0v) is 11.4. The predicted octanol–water partition coefficient (Wildman–Crippen LogP) is 1.21. The standard InChI is InChI=1S/C15H19N3O2/c19-15-9-13(17-14-3-1-2-6-18(14)15)11-16-10-12-4-7-20-8-5-12/h1-3,6,9,12,16H,4-5,7-8,10-11H2. The van der Waals surface area contributed by atoms with Crippen LogP contribution in [0.3, 0.4) is 0 Å². The summed E-state index contributed by atoms with van der Waals surface area (Å²) in [7, 11) is 0. The molecule has 0 aliphatic carbocycles. The van der Waals surface area contributed by atoms with Crippen LogP contribution in [0.1, 0.15) is 18.5 Å². The van der Waals surface area contributed by atoms with Crippen LogP contribution in [-0.2, 0) is 11.3 Å². The Bertz CT molecular complexity index is 632. The van der Waals surface area contributed by atoms with Gasteiger partial charge in [0, 0.05) is 32.0 Å². The van der Waals surface area contributed by atoms with Crippen LogP contribution in [-0.4, -0.2) is 29.1 Å². The number of pyridine rings is 1. The first kappa shape index (κ1) is 13.3. The zero-order chi connectivity index (χ0) is 13.8. The van der Waals surface area contributed by atoms with Gasteiger partial charge in [0.2, 0.25) is 0 Å². The van der Waals surface area contributed by atoms with Gasteiger partial charge >= 0.3 is 0 Å². The van der Waals surface area contributed by atoms with Gasteiger partial charge in [-0.05, 0) is 37.4 Å². The molecule has 5 nitrogen and oxygen atoms in total. The van der Waals surface area contributed by atoms with E-state index in [0.29, 0.717) is 18.1 Å². The largest absolute Gasteiger partial charge is 0.381 e. The van der Waals surface area contributed by atoms with Crippen molar-refractivity contribution in [1.82, 2.24) is 14.7 Å². The van der Waals surface area contributed by atoms with Crippen LogP contribution in [0.5, 0.6) is 0 Å². The molecule has 1 saturated heterocycles. The van der Waals surface area contributed by atoms with Crippen LogP contribution in [0.15, 0.2) is 35.3 Å². The van der Waals surface area contributed by atoms with Crippen LogP contribution < -0.4 is 10.9 Å². The number of rotatable bonds is 4. The Labute approximate surface area is 117 Å². The van der Waals surface area contributed by atoms with E-state index in [2.05, 4.69) is 10.3 Å². The molecule has 0 radical (unpaired) electrons. The van der Waals surface area contributed by atoms with Gasteiger partial charge in [-0.15, -0.1) is 0 Å². The highest BCUT2D eigenvalue weighted by atomic mass is 16.5. The van der Waals surface area contributed by atoms with Crippen molar-refractivity contribution in [2.45, 2.75) is 19.4 Å². The van der Waals surface area contributed by atoms with Crippen LogP contribution >= 0.6 is 0 Å². The molecule has 20 heavy (non-hydrogen) atoms. The summed E-state index contributed by atoms with van der Waals surface area (Å²) in [6.07, 6.45) is 3.96. The van der Waals surface area contributed by atoms with E-state index >= 15 is 0 Å². The summed E-state index contributed by atoms with van der Waals surface area (Å²) in [6, 6.07) is 7.17. The van der Waals surface area contributed by atoms with Gasteiger partial charge in [-0.3, -0.25) is 9.20 Å². The predicted molar refractivity (Wildman–Crippen MR) is 76.7 cm³/mol. The molecule has 106 valence electrons. The molecular formula is C15H19N3O2. The van der Waals surface area contributed by atoms with E-state index in [9.17, 15) is 4.79 Å². The lowest BCUT2D eigenvalue weighted by atomic mass is 10.0. The van der Waals surface area contributed by atoms with E-state index in [0.717, 1.165) is 38.3 Å². The molecule has 0 unspecified atom stereocenters. The minimum absolute atomic E-state index is 0.0292. The molecule has 1 fully saturated rings. The van der Waals surface area contributed by atoms with Crippen LogP contribution in [0.2, 0.25) is 0 Å². The van der Waals surface area contributed by atoms with Gasteiger partial charge in [0.1, 0.15) is 5.65 Å². The van der Waals surface area contributed by atoms with Crippen molar-refractivity contribution in [2.24, 2.45) is 5.92 Å². The smallest absolute Gasteiger partial charge is 0.258 e. The number of hydrogen-bond acceptors (Lipinski definition) is 4. The highest BCUT2D eigenvalue weighted by Crippen LogP contribution is 2.13.